The quantitative estimate of drug-likeness (QED) is 0.489. The molecule has 0 radical (unpaired) electrons. The van der Waals surface area contributed by atoms with Gasteiger partial charge in [-0.15, -0.1) is 10.2 Å². The van der Waals surface area contributed by atoms with Crippen molar-refractivity contribution in [3.8, 4) is 0 Å². The van der Waals surface area contributed by atoms with E-state index >= 15 is 0 Å². The number of nitrogens with one attached hydrogen (secondary N) is 1. The third kappa shape index (κ3) is 3.38. The van der Waals surface area contributed by atoms with Gasteiger partial charge in [-0.3, -0.25) is 4.79 Å². The lowest BCUT2D eigenvalue weighted by Crippen LogP contribution is -2.16. The first-order valence-electron chi connectivity index (χ1n) is 7.65. The van der Waals surface area contributed by atoms with E-state index in [0.717, 1.165) is 0 Å². The van der Waals surface area contributed by atoms with E-state index in [0.29, 0.717) is 27.7 Å². The van der Waals surface area contributed by atoms with Crippen LogP contribution in [-0.4, -0.2) is 43.9 Å². The van der Waals surface area contributed by atoms with Crippen molar-refractivity contribution in [1.29, 1.82) is 0 Å². The number of Topliss-reactive ketones (excluding diaryl/α,β-unsaturated/α-hetero) is 1. The SMILES string of the molecule is COC(=O)c1c(C)[nH]c(C(=O)C(C)Sc2nncn2C(C)C)c1C. The van der Waals surface area contributed by atoms with Gasteiger partial charge in [-0.05, 0) is 40.2 Å². The number of hydrogen-bond donors (Lipinski definition) is 1. The average Bonchev–Trinajstić information content (AvgIpc) is 3.10. The van der Waals surface area contributed by atoms with Crippen LogP contribution >= 0.6 is 11.8 Å². The van der Waals surface area contributed by atoms with Crippen LogP contribution in [0.2, 0.25) is 0 Å². The van der Waals surface area contributed by atoms with Gasteiger partial charge in [0.2, 0.25) is 0 Å². The molecule has 2 aromatic rings. The van der Waals surface area contributed by atoms with E-state index in [2.05, 4.69) is 15.2 Å². The average molecular weight is 350 g/mol. The number of aromatic nitrogens is 4. The molecule has 0 spiro atoms. The summed E-state index contributed by atoms with van der Waals surface area (Å²) < 4.78 is 6.70. The summed E-state index contributed by atoms with van der Waals surface area (Å²) in [6.45, 7) is 9.38. The molecule has 1 N–H and O–H groups in total. The fourth-order valence-corrected chi connectivity index (χ4v) is 3.51. The van der Waals surface area contributed by atoms with E-state index in [4.69, 9.17) is 4.74 Å². The number of carbonyl (C=O) groups excluding carboxylic acids is 2. The maximum Gasteiger partial charge on any atom is 0.339 e. The van der Waals surface area contributed by atoms with Crippen LogP contribution in [0.3, 0.4) is 0 Å². The molecule has 0 amide bonds. The number of aromatic amines is 1. The monoisotopic (exact) mass is 350 g/mol. The molecule has 2 heterocycles. The number of methoxy groups -OCH3 is 1. The molecular formula is C16H22N4O3S. The van der Waals surface area contributed by atoms with Crippen molar-refractivity contribution in [2.75, 3.05) is 7.11 Å². The normalized spacial score (nSPS) is 12.5. The molecule has 130 valence electrons. The zero-order valence-corrected chi connectivity index (χ0v) is 15.5. The van der Waals surface area contributed by atoms with Crippen molar-refractivity contribution < 1.29 is 14.3 Å². The molecule has 7 nitrogen and oxygen atoms in total. The standard InChI is InChI=1S/C16H22N4O3S/c1-8(2)20-7-17-19-16(20)24-11(5)14(21)13-9(3)12(10(4)18-13)15(22)23-6/h7-8,11,18H,1-6H3. The molecule has 0 saturated carbocycles. The highest BCUT2D eigenvalue weighted by Crippen LogP contribution is 2.28. The van der Waals surface area contributed by atoms with Crippen LogP contribution in [-0.2, 0) is 4.74 Å². The van der Waals surface area contributed by atoms with E-state index in [1.807, 2.05) is 25.3 Å². The minimum Gasteiger partial charge on any atom is -0.465 e. The van der Waals surface area contributed by atoms with Gasteiger partial charge in [0.15, 0.2) is 10.9 Å². The highest BCUT2D eigenvalue weighted by Gasteiger charge is 2.27. The summed E-state index contributed by atoms with van der Waals surface area (Å²) in [5.74, 6) is -0.533. The number of ketones is 1. The predicted molar refractivity (Wildman–Crippen MR) is 91.7 cm³/mol. The van der Waals surface area contributed by atoms with Crippen LogP contribution in [0.25, 0.3) is 0 Å². The number of aryl methyl sites for hydroxylation is 1. The van der Waals surface area contributed by atoms with E-state index in [9.17, 15) is 9.59 Å². The molecule has 0 bridgehead atoms. The van der Waals surface area contributed by atoms with E-state index in [-0.39, 0.29) is 17.1 Å². The number of rotatable bonds is 6. The van der Waals surface area contributed by atoms with Gasteiger partial charge in [-0.2, -0.15) is 0 Å². The highest BCUT2D eigenvalue weighted by atomic mass is 32.2. The van der Waals surface area contributed by atoms with E-state index < -0.39 is 5.97 Å². The van der Waals surface area contributed by atoms with Gasteiger partial charge in [0.1, 0.15) is 6.33 Å². The number of H-pyrrole nitrogens is 1. The molecule has 0 aliphatic carbocycles. The number of ether oxygens (including phenoxy) is 1. The van der Waals surface area contributed by atoms with Crippen molar-refractivity contribution in [3.63, 3.8) is 0 Å². The summed E-state index contributed by atoms with van der Waals surface area (Å²) in [7, 11) is 1.33. The summed E-state index contributed by atoms with van der Waals surface area (Å²) >= 11 is 1.35. The maximum absolute atomic E-state index is 12.8. The molecule has 2 rings (SSSR count). The molecule has 0 saturated heterocycles. The molecule has 0 fully saturated rings. The molecule has 2 aromatic heterocycles. The van der Waals surface area contributed by atoms with Gasteiger partial charge in [-0.25, -0.2) is 4.79 Å². The van der Waals surface area contributed by atoms with Gasteiger partial charge in [0.25, 0.3) is 0 Å². The Hall–Kier alpha value is -2.09. The lowest BCUT2D eigenvalue weighted by molar-refractivity contribution is 0.0599. The summed E-state index contributed by atoms with van der Waals surface area (Å²) in [6, 6.07) is 0.213. The highest BCUT2D eigenvalue weighted by molar-refractivity contribution is 8.00. The van der Waals surface area contributed by atoms with Crippen LogP contribution in [0.1, 0.15) is 58.9 Å². The fraction of sp³-hybridized carbons (Fsp3) is 0.500. The Balaban J connectivity index is 2.25. The minimum absolute atomic E-state index is 0.0888. The molecule has 0 aliphatic heterocycles. The van der Waals surface area contributed by atoms with Gasteiger partial charge in [0.05, 0.1) is 23.6 Å². The smallest absolute Gasteiger partial charge is 0.339 e. The van der Waals surface area contributed by atoms with Crippen molar-refractivity contribution in [2.45, 2.75) is 51.1 Å². The molecule has 1 atom stereocenters. The van der Waals surface area contributed by atoms with Gasteiger partial charge < -0.3 is 14.3 Å². The molecule has 1 unspecified atom stereocenters. The topological polar surface area (TPSA) is 89.9 Å². The lowest BCUT2D eigenvalue weighted by atomic mass is 10.1. The number of nitrogens with zero attached hydrogens (tertiary/aromatic N) is 3. The van der Waals surface area contributed by atoms with Crippen LogP contribution in [0.4, 0.5) is 0 Å². The van der Waals surface area contributed by atoms with Crippen LogP contribution in [0.5, 0.6) is 0 Å². The summed E-state index contributed by atoms with van der Waals surface area (Å²) in [5, 5.41) is 8.32. The van der Waals surface area contributed by atoms with Crippen molar-refractivity contribution in [1.82, 2.24) is 19.7 Å². The fourth-order valence-electron chi connectivity index (χ4n) is 2.49. The Morgan fingerprint density at radius 3 is 2.54 bits per heavy atom. The number of carbonyl (C=O) groups is 2. The summed E-state index contributed by atoms with van der Waals surface area (Å²) in [4.78, 5) is 27.7. The van der Waals surface area contributed by atoms with Gasteiger partial charge in [-0.1, -0.05) is 11.8 Å². The van der Waals surface area contributed by atoms with Crippen LogP contribution in [0, 0.1) is 13.8 Å². The van der Waals surface area contributed by atoms with Crippen LogP contribution in [0.15, 0.2) is 11.5 Å². The summed E-state index contributed by atoms with van der Waals surface area (Å²) in [5.41, 5.74) is 2.10. The Morgan fingerprint density at radius 1 is 1.29 bits per heavy atom. The molecule has 8 heteroatoms. The Kier molecular flexibility index (Phi) is 5.48. The second kappa shape index (κ2) is 7.21. The number of thioether (sulfide) groups is 1. The molecule has 0 aromatic carbocycles. The first-order valence-corrected chi connectivity index (χ1v) is 8.53. The molecule has 24 heavy (non-hydrogen) atoms. The number of hydrogen-bond acceptors (Lipinski definition) is 6. The van der Waals surface area contributed by atoms with E-state index in [1.165, 1.54) is 18.9 Å². The lowest BCUT2D eigenvalue weighted by Gasteiger charge is -2.13. The zero-order chi connectivity index (χ0) is 18.0. The third-order valence-electron chi connectivity index (χ3n) is 3.82. The Morgan fingerprint density at radius 2 is 1.96 bits per heavy atom. The minimum atomic E-state index is -0.444. The first kappa shape index (κ1) is 18.3. The third-order valence-corrected chi connectivity index (χ3v) is 4.89. The number of esters is 1. The first-order chi connectivity index (χ1) is 11.3. The largest absolute Gasteiger partial charge is 0.465 e. The molecular weight excluding hydrogens is 328 g/mol. The van der Waals surface area contributed by atoms with Gasteiger partial charge in [0, 0.05) is 11.7 Å². The van der Waals surface area contributed by atoms with E-state index in [1.54, 1.807) is 20.2 Å². The second-order valence-electron chi connectivity index (χ2n) is 5.86. The summed E-state index contributed by atoms with van der Waals surface area (Å²) in [6.07, 6.45) is 1.66. The van der Waals surface area contributed by atoms with Crippen LogP contribution < -0.4 is 0 Å². The zero-order valence-electron chi connectivity index (χ0n) is 14.7. The van der Waals surface area contributed by atoms with Crippen molar-refractivity contribution in [2.24, 2.45) is 0 Å². The second-order valence-corrected chi connectivity index (χ2v) is 7.16. The Bertz CT molecular complexity index is 763. The predicted octanol–water partition coefficient (Wildman–Crippen LogP) is 2.95. The van der Waals surface area contributed by atoms with Crippen molar-refractivity contribution >= 4 is 23.5 Å². The Labute approximate surface area is 145 Å². The maximum atomic E-state index is 12.8. The van der Waals surface area contributed by atoms with Crippen molar-refractivity contribution in [3.05, 3.63) is 28.8 Å². The van der Waals surface area contributed by atoms with Gasteiger partial charge >= 0.3 is 5.97 Å². The molecule has 0 aliphatic rings.